The number of aromatic carboxylic acids is 1. The minimum Gasteiger partial charge on any atom is -0.478 e. The van der Waals surface area contributed by atoms with Gasteiger partial charge in [-0.2, -0.15) is 4.99 Å². The number of hydrogen-bond acceptors (Lipinski definition) is 2. The molecule has 5 heteroatoms. The number of para-hydroxylation sites is 1. The summed E-state index contributed by atoms with van der Waals surface area (Å²) in [6, 6.07) is 13.9. The standard InChI is InChI=1S/C18H16N2O3/c1-2-20-15-9-4-3-6-12(15)11-16(20)19-17(21)13-7-5-8-14(10-13)18(22)23/h3-10H,2,11H2,1H3,(H,22,23). The number of amides is 1. The molecule has 1 aliphatic rings. The fourth-order valence-electron chi connectivity index (χ4n) is 2.75. The second-order valence-electron chi connectivity index (χ2n) is 5.27. The van der Waals surface area contributed by atoms with Crippen LogP contribution in [-0.4, -0.2) is 29.4 Å². The lowest BCUT2D eigenvalue weighted by atomic mass is 10.1. The first-order valence-electron chi connectivity index (χ1n) is 7.41. The first kappa shape index (κ1) is 15.0. The second kappa shape index (κ2) is 6.04. The van der Waals surface area contributed by atoms with Crippen LogP contribution in [0.4, 0.5) is 5.69 Å². The summed E-state index contributed by atoms with van der Waals surface area (Å²) in [4.78, 5) is 29.6. The Morgan fingerprint density at radius 2 is 1.87 bits per heavy atom. The van der Waals surface area contributed by atoms with E-state index in [1.54, 1.807) is 12.1 Å². The summed E-state index contributed by atoms with van der Waals surface area (Å²) >= 11 is 0. The van der Waals surface area contributed by atoms with Gasteiger partial charge >= 0.3 is 5.97 Å². The molecule has 1 amide bonds. The van der Waals surface area contributed by atoms with Crippen molar-refractivity contribution in [3.8, 4) is 0 Å². The molecule has 1 N–H and O–H groups in total. The van der Waals surface area contributed by atoms with Crippen LogP contribution in [0.5, 0.6) is 0 Å². The number of carbonyl (C=O) groups is 2. The van der Waals surface area contributed by atoms with Gasteiger partial charge in [0.2, 0.25) is 0 Å². The predicted octanol–water partition coefficient (Wildman–Crippen LogP) is 3.01. The number of hydrogen-bond donors (Lipinski definition) is 1. The Kier molecular flexibility index (Phi) is 3.93. The Balaban J connectivity index is 1.91. The van der Waals surface area contributed by atoms with Crippen LogP contribution in [0.3, 0.4) is 0 Å². The molecule has 0 unspecified atom stereocenters. The molecule has 23 heavy (non-hydrogen) atoms. The normalized spacial score (nSPS) is 14.8. The van der Waals surface area contributed by atoms with Gasteiger partial charge in [0.05, 0.1) is 5.56 Å². The molecular formula is C18H16N2O3. The number of nitrogens with zero attached hydrogens (tertiary/aromatic N) is 2. The largest absolute Gasteiger partial charge is 0.478 e. The molecule has 5 nitrogen and oxygen atoms in total. The van der Waals surface area contributed by atoms with Crippen molar-refractivity contribution < 1.29 is 14.7 Å². The lowest BCUT2D eigenvalue weighted by Gasteiger charge is -2.17. The maximum atomic E-state index is 12.4. The third-order valence-electron chi connectivity index (χ3n) is 3.85. The van der Waals surface area contributed by atoms with E-state index in [0.29, 0.717) is 12.3 Å². The van der Waals surface area contributed by atoms with Crippen LogP contribution in [0.2, 0.25) is 0 Å². The van der Waals surface area contributed by atoms with Crippen molar-refractivity contribution in [3.63, 3.8) is 0 Å². The van der Waals surface area contributed by atoms with E-state index in [0.717, 1.165) is 17.8 Å². The monoisotopic (exact) mass is 308 g/mol. The third kappa shape index (κ3) is 2.85. The summed E-state index contributed by atoms with van der Waals surface area (Å²) in [5, 5.41) is 9.02. The summed E-state index contributed by atoms with van der Waals surface area (Å²) in [5.41, 5.74) is 2.57. The summed E-state index contributed by atoms with van der Waals surface area (Å²) in [5.74, 6) is -0.787. The maximum Gasteiger partial charge on any atom is 0.335 e. The van der Waals surface area contributed by atoms with Crippen LogP contribution in [0.1, 0.15) is 33.2 Å². The van der Waals surface area contributed by atoms with E-state index in [4.69, 9.17) is 5.11 Å². The molecule has 2 aromatic rings. The molecular weight excluding hydrogens is 292 g/mol. The van der Waals surface area contributed by atoms with Crippen LogP contribution < -0.4 is 4.90 Å². The number of carboxylic acid groups (broad SMARTS) is 1. The van der Waals surface area contributed by atoms with E-state index in [1.165, 1.54) is 12.1 Å². The zero-order valence-corrected chi connectivity index (χ0v) is 12.7. The van der Waals surface area contributed by atoms with E-state index >= 15 is 0 Å². The number of rotatable bonds is 3. The molecule has 0 radical (unpaired) electrons. The minimum atomic E-state index is -1.06. The summed E-state index contributed by atoms with van der Waals surface area (Å²) in [6.07, 6.45) is 0.606. The Labute approximate surface area is 133 Å². The van der Waals surface area contributed by atoms with E-state index in [9.17, 15) is 9.59 Å². The number of benzene rings is 2. The number of likely N-dealkylation sites (N-methyl/N-ethyl adjacent to an activating group) is 1. The Hall–Kier alpha value is -2.95. The molecule has 1 aliphatic heterocycles. The first-order valence-corrected chi connectivity index (χ1v) is 7.41. The predicted molar refractivity (Wildman–Crippen MR) is 88.3 cm³/mol. The highest BCUT2D eigenvalue weighted by Gasteiger charge is 2.24. The number of carbonyl (C=O) groups excluding carboxylic acids is 1. The van der Waals surface area contributed by atoms with Crippen LogP contribution in [0.25, 0.3) is 0 Å². The zero-order chi connectivity index (χ0) is 16.4. The van der Waals surface area contributed by atoms with E-state index in [-0.39, 0.29) is 11.1 Å². The van der Waals surface area contributed by atoms with E-state index in [2.05, 4.69) is 4.99 Å². The van der Waals surface area contributed by atoms with Crippen LogP contribution in [0, 0.1) is 0 Å². The first-order chi connectivity index (χ1) is 11.1. The van der Waals surface area contributed by atoms with Crippen LogP contribution in [0.15, 0.2) is 53.5 Å². The summed E-state index contributed by atoms with van der Waals surface area (Å²) < 4.78 is 0. The van der Waals surface area contributed by atoms with Gasteiger partial charge in [0, 0.05) is 24.2 Å². The van der Waals surface area contributed by atoms with Gasteiger partial charge in [-0.15, -0.1) is 0 Å². The highest BCUT2D eigenvalue weighted by atomic mass is 16.4. The number of carboxylic acids is 1. The van der Waals surface area contributed by atoms with Crippen molar-refractivity contribution in [2.75, 3.05) is 11.4 Å². The molecule has 1 heterocycles. The number of anilines is 1. The van der Waals surface area contributed by atoms with Crippen molar-refractivity contribution in [2.24, 2.45) is 4.99 Å². The van der Waals surface area contributed by atoms with Crippen LogP contribution in [-0.2, 0) is 6.42 Å². The second-order valence-corrected chi connectivity index (χ2v) is 5.27. The van der Waals surface area contributed by atoms with Gasteiger partial charge in [0.15, 0.2) is 0 Å². The molecule has 0 aliphatic carbocycles. The number of amidine groups is 1. The fraction of sp³-hybridized carbons (Fsp3) is 0.167. The van der Waals surface area contributed by atoms with Gasteiger partial charge in [0.1, 0.15) is 5.84 Å². The Morgan fingerprint density at radius 1 is 1.13 bits per heavy atom. The highest BCUT2D eigenvalue weighted by Crippen LogP contribution is 2.29. The van der Waals surface area contributed by atoms with Crippen molar-refractivity contribution in [3.05, 3.63) is 65.2 Å². The van der Waals surface area contributed by atoms with Gasteiger partial charge in [-0.25, -0.2) is 4.79 Å². The van der Waals surface area contributed by atoms with Gasteiger partial charge in [0.25, 0.3) is 5.91 Å². The Morgan fingerprint density at radius 3 is 2.61 bits per heavy atom. The molecule has 2 aromatic carbocycles. The zero-order valence-electron chi connectivity index (χ0n) is 12.7. The average Bonchev–Trinajstić information content (AvgIpc) is 2.91. The fourth-order valence-corrected chi connectivity index (χ4v) is 2.75. The highest BCUT2D eigenvalue weighted by molar-refractivity contribution is 6.12. The molecule has 0 fully saturated rings. The third-order valence-corrected chi connectivity index (χ3v) is 3.85. The van der Waals surface area contributed by atoms with Gasteiger partial charge < -0.3 is 10.0 Å². The minimum absolute atomic E-state index is 0.0816. The molecule has 116 valence electrons. The molecule has 0 atom stereocenters. The molecule has 0 saturated heterocycles. The molecule has 0 saturated carbocycles. The van der Waals surface area contributed by atoms with Gasteiger partial charge in [-0.05, 0) is 36.8 Å². The molecule has 0 aromatic heterocycles. The Bertz CT molecular complexity index is 811. The lowest BCUT2D eigenvalue weighted by molar-refractivity contribution is 0.0697. The average molecular weight is 308 g/mol. The number of fused-ring (bicyclic) bond motifs is 1. The van der Waals surface area contributed by atoms with Crippen molar-refractivity contribution in [1.82, 2.24) is 0 Å². The molecule has 0 spiro atoms. The van der Waals surface area contributed by atoms with Crippen molar-refractivity contribution in [1.29, 1.82) is 0 Å². The smallest absolute Gasteiger partial charge is 0.335 e. The van der Waals surface area contributed by atoms with Gasteiger partial charge in [-0.1, -0.05) is 24.3 Å². The topological polar surface area (TPSA) is 70.0 Å². The van der Waals surface area contributed by atoms with Crippen molar-refractivity contribution in [2.45, 2.75) is 13.3 Å². The summed E-state index contributed by atoms with van der Waals surface area (Å²) in [7, 11) is 0. The van der Waals surface area contributed by atoms with E-state index < -0.39 is 11.9 Å². The number of aliphatic imine (C=N–C) groups is 1. The van der Waals surface area contributed by atoms with Gasteiger partial charge in [-0.3, -0.25) is 4.79 Å². The summed E-state index contributed by atoms with van der Waals surface area (Å²) in [6.45, 7) is 2.73. The van der Waals surface area contributed by atoms with E-state index in [1.807, 2.05) is 36.1 Å². The van der Waals surface area contributed by atoms with Crippen LogP contribution >= 0.6 is 0 Å². The molecule has 0 bridgehead atoms. The SMILES string of the molecule is CCN1C(=NC(=O)c2cccc(C(=O)O)c2)Cc2ccccc21. The molecule has 3 rings (SSSR count). The quantitative estimate of drug-likeness (QED) is 0.946. The maximum absolute atomic E-state index is 12.4. The van der Waals surface area contributed by atoms with Crippen molar-refractivity contribution >= 4 is 23.4 Å². The lowest BCUT2D eigenvalue weighted by Crippen LogP contribution is -2.27.